The van der Waals surface area contributed by atoms with Crippen molar-refractivity contribution in [2.24, 2.45) is 11.7 Å². The van der Waals surface area contributed by atoms with E-state index >= 15 is 0 Å². The van der Waals surface area contributed by atoms with Crippen molar-refractivity contribution in [3.63, 3.8) is 0 Å². The van der Waals surface area contributed by atoms with Crippen LogP contribution < -0.4 is 11.1 Å². The Morgan fingerprint density at radius 2 is 2.25 bits per heavy atom. The van der Waals surface area contributed by atoms with Crippen LogP contribution in [-0.2, 0) is 4.79 Å². The quantitative estimate of drug-likeness (QED) is 0.813. The predicted molar refractivity (Wildman–Crippen MR) is 65.0 cm³/mol. The summed E-state index contributed by atoms with van der Waals surface area (Å²) in [6.45, 7) is 5.97. The molecule has 0 spiro atoms. The van der Waals surface area contributed by atoms with Crippen LogP contribution in [0, 0.1) is 12.8 Å². The van der Waals surface area contributed by atoms with Gasteiger partial charge in [-0.3, -0.25) is 9.78 Å². The second kappa shape index (κ2) is 5.61. The number of hydrogen-bond acceptors (Lipinski definition) is 3. The molecule has 0 aliphatic heterocycles. The fourth-order valence-electron chi connectivity index (χ4n) is 1.47. The first-order chi connectivity index (χ1) is 7.49. The first-order valence-electron chi connectivity index (χ1n) is 5.48. The number of pyridine rings is 1. The third kappa shape index (κ3) is 3.98. The standard InChI is InChI=1S/C12H19N3O/c1-8(2)6-11(13)12(16)15-10-4-5-14-9(3)7-10/h4-5,7-8,11H,6,13H2,1-3H3,(H,14,15,16)/t11-/m0/s1. The maximum absolute atomic E-state index is 11.7. The Kier molecular flexibility index (Phi) is 4.43. The van der Waals surface area contributed by atoms with Crippen LogP contribution in [0.2, 0.25) is 0 Å². The molecule has 1 aromatic rings. The van der Waals surface area contributed by atoms with Gasteiger partial charge in [-0.15, -0.1) is 0 Å². The van der Waals surface area contributed by atoms with Gasteiger partial charge >= 0.3 is 0 Å². The summed E-state index contributed by atoms with van der Waals surface area (Å²) < 4.78 is 0. The average Bonchev–Trinajstić information content (AvgIpc) is 2.16. The summed E-state index contributed by atoms with van der Waals surface area (Å²) in [6, 6.07) is 3.13. The Morgan fingerprint density at radius 3 is 2.81 bits per heavy atom. The van der Waals surface area contributed by atoms with Crippen molar-refractivity contribution in [2.75, 3.05) is 5.32 Å². The lowest BCUT2D eigenvalue weighted by Gasteiger charge is -2.14. The molecule has 0 bridgehead atoms. The van der Waals surface area contributed by atoms with Crippen molar-refractivity contribution < 1.29 is 4.79 Å². The van der Waals surface area contributed by atoms with Gasteiger partial charge in [0.2, 0.25) is 5.91 Å². The minimum Gasteiger partial charge on any atom is -0.325 e. The monoisotopic (exact) mass is 221 g/mol. The lowest BCUT2D eigenvalue weighted by Crippen LogP contribution is -2.36. The number of carbonyl (C=O) groups excluding carboxylic acids is 1. The highest BCUT2D eigenvalue weighted by atomic mass is 16.2. The van der Waals surface area contributed by atoms with E-state index in [4.69, 9.17) is 5.73 Å². The molecule has 0 fully saturated rings. The van der Waals surface area contributed by atoms with Gasteiger partial charge < -0.3 is 11.1 Å². The molecular weight excluding hydrogens is 202 g/mol. The van der Waals surface area contributed by atoms with Gasteiger partial charge in [-0.25, -0.2) is 0 Å². The molecule has 16 heavy (non-hydrogen) atoms. The van der Waals surface area contributed by atoms with Gasteiger partial charge in [0.25, 0.3) is 0 Å². The molecule has 0 unspecified atom stereocenters. The largest absolute Gasteiger partial charge is 0.325 e. The Bertz CT molecular complexity index is 363. The van der Waals surface area contributed by atoms with Crippen LogP contribution in [0.3, 0.4) is 0 Å². The molecule has 1 rings (SSSR count). The zero-order chi connectivity index (χ0) is 12.1. The first kappa shape index (κ1) is 12.6. The fraction of sp³-hybridized carbons (Fsp3) is 0.500. The Labute approximate surface area is 96.3 Å². The Morgan fingerprint density at radius 1 is 1.56 bits per heavy atom. The topological polar surface area (TPSA) is 68.0 Å². The number of nitrogens with one attached hydrogen (secondary N) is 1. The third-order valence-electron chi connectivity index (χ3n) is 2.23. The van der Waals surface area contributed by atoms with E-state index in [1.807, 2.05) is 26.8 Å². The first-order valence-corrected chi connectivity index (χ1v) is 5.48. The molecule has 1 amide bonds. The zero-order valence-corrected chi connectivity index (χ0v) is 10.0. The van der Waals surface area contributed by atoms with E-state index in [0.717, 1.165) is 11.4 Å². The Hall–Kier alpha value is -1.42. The van der Waals surface area contributed by atoms with Gasteiger partial charge in [-0.1, -0.05) is 13.8 Å². The van der Waals surface area contributed by atoms with Crippen LogP contribution in [0.4, 0.5) is 5.69 Å². The summed E-state index contributed by atoms with van der Waals surface area (Å²) in [6.07, 6.45) is 2.36. The van der Waals surface area contributed by atoms with Crippen LogP contribution in [0.5, 0.6) is 0 Å². The molecule has 4 nitrogen and oxygen atoms in total. The number of nitrogens with zero attached hydrogens (tertiary/aromatic N) is 1. The smallest absolute Gasteiger partial charge is 0.241 e. The number of aromatic nitrogens is 1. The number of hydrogen-bond donors (Lipinski definition) is 2. The number of nitrogens with two attached hydrogens (primary N) is 1. The molecule has 4 heteroatoms. The van der Waals surface area contributed by atoms with Crippen molar-refractivity contribution in [3.8, 4) is 0 Å². The van der Waals surface area contributed by atoms with E-state index in [-0.39, 0.29) is 5.91 Å². The molecule has 1 aromatic heterocycles. The highest BCUT2D eigenvalue weighted by Gasteiger charge is 2.14. The summed E-state index contributed by atoms with van der Waals surface area (Å²) in [5.41, 5.74) is 7.39. The third-order valence-corrected chi connectivity index (χ3v) is 2.23. The molecule has 0 aliphatic rings. The molecule has 0 radical (unpaired) electrons. The molecule has 1 heterocycles. The normalized spacial score (nSPS) is 12.6. The van der Waals surface area contributed by atoms with Gasteiger partial charge in [0.1, 0.15) is 0 Å². The lowest BCUT2D eigenvalue weighted by atomic mass is 10.0. The van der Waals surface area contributed by atoms with Gasteiger partial charge in [0, 0.05) is 17.6 Å². The number of rotatable bonds is 4. The predicted octanol–water partition coefficient (Wildman–Crippen LogP) is 1.70. The summed E-state index contributed by atoms with van der Waals surface area (Å²) >= 11 is 0. The number of carbonyl (C=O) groups is 1. The van der Waals surface area contributed by atoms with E-state index in [9.17, 15) is 4.79 Å². The Balaban J connectivity index is 2.57. The minimum atomic E-state index is -0.450. The highest BCUT2D eigenvalue weighted by Crippen LogP contribution is 2.09. The molecule has 0 aliphatic carbocycles. The van der Waals surface area contributed by atoms with Gasteiger partial charge in [0.15, 0.2) is 0 Å². The van der Waals surface area contributed by atoms with Crippen molar-refractivity contribution in [1.82, 2.24) is 4.98 Å². The van der Waals surface area contributed by atoms with E-state index in [2.05, 4.69) is 10.3 Å². The summed E-state index contributed by atoms with van der Waals surface area (Å²) in [5, 5.41) is 2.78. The SMILES string of the molecule is Cc1cc(NC(=O)[C@@H](N)CC(C)C)ccn1. The van der Waals surface area contributed by atoms with Crippen molar-refractivity contribution >= 4 is 11.6 Å². The maximum atomic E-state index is 11.7. The molecule has 1 atom stereocenters. The van der Waals surface area contributed by atoms with Crippen molar-refractivity contribution in [1.29, 1.82) is 0 Å². The number of aryl methyl sites for hydroxylation is 1. The van der Waals surface area contributed by atoms with E-state index in [1.165, 1.54) is 0 Å². The van der Waals surface area contributed by atoms with E-state index in [0.29, 0.717) is 12.3 Å². The van der Waals surface area contributed by atoms with Crippen LogP contribution in [0.25, 0.3) is 0 Å². The van der Waals surface area contributed by atoms with E-state index < -0.39 is 6.04 Å². The molecule has 3 N–H and O–H groups in total. The van der Waals surface area contributed by atoms with Gasteiger partial charge in [-0.05, 0) is 31.4 Å². The second-order valence-corrected chi connectivity index (χ2v) is 4.41. The van der Waals surface area contributed by atoms with Crippen molar-refractivity contribution in [2.45, 2.75) is 33.2 Å². The van der Waals surface area contributed by atoms with E-state index in [1.54, 1.807) is 12.3 Å². The lowest BCUT2D eigenvalue weighted by molar-refractivity contribution is -0.117. The van der Waals surface area contributed by atoms with Crippen LogP contribution in [-0.4, -0.2) is 16.9 Å². The van der Waals surface area contributed by atoms with Crippen LogP contribution >= 0.6 is 0 Å². The van der Waals surface area contributed by atoms with Crippen molar-refractivity contribution in [3.05, 3.63) is 24.0 Å². The molecule has 0 saturated heterocycles. The van der Waals surface area contributed by atoms with Crippen LogP contribution in [0.1, 0.15) is 26.0 Å². The summed E-state index contributed by atoms with van der Waals surface area (Å²) in [7, 11) is 0. The van der Waals surface area contributed by atoms with Gasteiger partial charge in [0.05, 0.1) is 6.04 Å². The van der Waals surface area contributed by atoms with Crippen LogP contribution in [0.15, 0.2) is 18.3 Å². The molecule has 0 aromatic carbocycles. The minimum absolute atomic E-state index is 0.140. The van der Waals surface area contributed by atoms with Gasteiger partial charge in [-0.2, -0.15) is 0 Å². The molecule has 0 saturated carbocycles. The summed E-state index contributed by atoms with van der Waals surface area (Å²) in [4.78, 5) is 15.8. The molecule has 88 valence electrons. The second-order valence-electron chi connectivity index (χ2n) is 4.41. The fourth-order valence-corrected chi connectivity index (χ4v) is 1.47. The maximum Gasteiger partial charge on any atom is 0.241 e. The number of amides is 1. The summed E-state index contributed by atoms with van der Waals surface area (Å²) in [5.74, 6) is 0.277. The molecular formula is C12H19N3O. The zero-order valence-electron chi connectivity index (χ0n) is 10.0. The average molecular weight is 221 g/mol. The highest BCUT2D eigenvalue weighted by molar-refractivity contribution is 5.94. The number of anilines is 1.